The van der Waals surface area contributed by atoms with Gasteiger partial charge >= 0.3 is 0 Å². The van der Waals surface area contributed by atoms with Gasteiger partial charge in [0.1, 0.15) is 5.82 Å². The molecule has 94 valence electrons. The first-order valence-corrected chi connectivity index (χ1v) is 6.54. The van der Waals surface area contributed by atoms with Crippen LogP contribution in [0, 0.1) is 5.41 Å². The minimum Gasteiger partial charge on any atom is -0.384 e. The van der Waals surface area contributed by atoms with Crippen LogP contribution in [-0.4, -0.2) is 23.0 Å². The van der Waals surface area contributed by atoms with Crippen molar-refractivity contribution in [3.05, 3.63) is 23.9 Å². The van der Waals surface area contributed by atoms with E-state index in [0.717, 1.165) is 6.54 Å². The van der Waals surface area contributed by atoms with Gasteiger partial charge in [-0.15, -0.1) is 0 Å². The van der Waals surface area contributed by atoms with Crippen molar-refractivity contribution < 1.29 is 0 Å². The third-order valence-electron chi connectivity index (χ3n) is 4.17. The third-order valence-corrected chi connectivity index (χ3v) is 4.17. The molecule has 0 amide bonds. The molecule has 2 rings (SSSR count). The lowest BCUT2D eigenvalue weighted by atomic mass is 9.78. The van der Waals surface area contributed by atoms with Crippen LogP contribution < -0.4 is 5.73 Å². The summed E-state index contributed by atoms with van der Waals surface area (Å²) in [5.41, 5.74) is 7.42. The van der Waals surface area contributed by atoms with Crippen molar-refractivity contribution >= 4 is 5.82 Å². The van der Waals surface area contributed by atoms with Crippen LogP contribution in [0.1, 0.15) is 38.7 Å². The molecule has 0 saturated carbocycles. The number of piperidine rings is 1. The smallest absolute Gasteiger partial charge is 0.123 e. The third kappa shape index (κ3) is 3.19. The van der Waals surface area contributed by atoms with Crippen molar-refractivity contribution in [1.29, 1.82) is 0 Å². The van der Waals surface area contributed by atoms with Crippen LogP contribution in [0.5, 0.6) is 0 Å². The van der Waals surface area contributed by atoms with E-state index in [1.54, 1.807) is 0 Å². The number of likely N-dealkylation sites (tertiary alicyclic amines) is 1. The highest BCUT2D eigenvalue weighted by Gasteiger charge is 2.27. The topological polar surface area (TPSA) is 42.1 Å². The van der Waals surface area contributed by atoms with Gasteiger partial charge in [-0.25, -0.2) is 4.98 Å². The minimum absolute atomic E-state index is 0.565. The van der Waals surface area contributed by atoms with Crippen molar-refractivity contribution in [3.8, 4) is 0 Å². The lowest BCUT2D eigenvalue weighted by Gasteiger charge is -2.38. The Morgan fingerprint density at radius 3 is 2.59 bits per heavy atom. The second-order valence-electron chi connectivity index (χ2n) is 5.53. The lowest BCUT2D eigenvalue weighted by molar-refractivity contribution is 0.109. The molecule has 0 bridgehead atoms. The van der Waals surface area contributed by atoms with Gasteiger partial charge in [-0.1, -0.05) is 26.3 Å². The maximum atomic E-state index is 5.59. The number of hydrogen-bond acceptors (Lipinski definition) is 3. The number of aromatic nitrogens is 1. The van der Waals surface area contributed by atoms with Crippen LogP contribution in [0.3, 0.4) is 0 Å². The summed E-state index contributed by atoms with van der Waals surface area (Å²) in [5, 5.41) is 0. The highest BCUT2D eigenvalue weighted by Crippen LogP contribution is 2.34. The van der Waals surface area contributed by atoms with Gasteiger partial charge in [0.25, 0.3) is 0 Å². The van der Waals surface area contributed by atoms with Crippen LogP contribution in [0.4, 0.5) is 5.82 Å². The molecule has 1 fully saturated rings. The highest BCUT2D eigenvalue weighted by atomic mass is 15.1. The molecular weight excluding hydrogens is 210 g/mol. The molecule has 1 aromatic rings. The highest BCUT2D eigenvalue weighted by molar-refractivity contribution is 5.29. The van der Waals surface area contributed by atoms with Crippen molar-refractivity contribution in [2.45, 2.75) is 39.7 Å². The van der Waals surface area contributed by atoms with Gasteiger partial charge < -0.3 is 5.73 Å². The van der Waals surface area contributed by atoms with Crippen molar-refractivity contribution in [2.75, 3.05) is 18.8 Å². The second kappa shape index (κ2) is 5.05. The zero-order chi connectivity index (χ0) is 12.3. The summed E-state index contributed by atoms with van der Waals surface area (Å²) in [5.74, 6) is 0.603. The maximum absolute atomic E-state index is 5.59. The number of hydrogen-bond donors (Lipinski definition) is 1. The Bertz CT molecular complexity index is 350. The molecule has 0 spiro atoms. The molecule has 0 aromatic carbocycles. The molecule has 1 aliphatic heterocycles. The average molecular weight is 233 g/mol. The summed E-state index contributed by atoms with van der Waals surface area (Å²) in [6, 6.07) is 3.96. The van der Waals surface area contributed by atoms with E-state index < -0.39 is 0 Å². The predicted molar refractivity (Wildman–Crippen MR) is 71.6 cm³/mol. The number of nitrogens with two attached hydrogens (primary N) is 1. The largest absolute Gasteiger partial charge is 0.384 e. The first-order valence-electron chi connectivity index (χ1n) is 6.54. The summed E-state index contributed by atoms with van der Waals surface area (Å²) >= 11 is 0. The molecule has 3 nitrogen and oxygen atoms in total. The van der Waals surface area contributed by atoms with Crippen molar-refractivity contribution in [2.24, 2.45) is 5.41 Å². The molecule has 0 atom stereocenters. The Labute approximate surface area is 104 Å². The van der Waals surface area contributed by atoms with Gasteiger partial charge in [0.2, 0.25) is 0 Å². The van der Waals surface area contributed by atoms with E-state index in [9.17, 15) is 0 Å². The summed E-state index contributed by atoms with van der Waals surface area (Å²) in [7, 11) is 0. The Balaban J connectivity index is 1.88. The summed E-state index contributed by atoms with van der Waals surface area (Å²) in [4.78, 5) is 6.66. The second-order valence-corrected chi connectivity index (χ2v) is 5.53. The molecule has 17 heavy (non-hydrogen) atoms. The fourth-order valence-corrected chi connectivity index (χ4v) is 2.39. The number of anilines is 1. The molecule has 1 aliphatic rings. The minimum atomic E-state index is 0.565. The Morgan fingerprint density at radius 2 is 2.06 bits per heavy atom. The molecule has 2 N–H and O–H groups in total. The van der Waals surface area contributed by atoms with Crippen LogP contribution in [0.15, 0.2) is 18.3 Å². The van der Waals surface area contributed by atoms with Gasteiger partial charge in [0, 0.05) is 12.7 Å². The van der Waals surface area contributed by atoms with E-state index in [1.807, 2.05) is 12.3 Å². The zero-order valence-corrected chi connectivity index (χ0v) is 10.9. The Hall–Kier alpha value is -1.09. The number of nitrogen functional groups attached to an aromatic ring is 1. The van der Waals surface area contributed by atoms with Gasteiger partial charge in [-0.2, -0.15) is 0 Å². The van der Waals surface area contributed by atoms with Crippen molar-refractivity contribution in [3.63, 3.8) is 0 Å². The first-order chi connectivity index (χ1) is 8.11. The first kappa shape index (κ1) is 12.4. The number of pyridine rings is 1. The molecular formula is C14H23N3. The van der Waals surface area contributed by atoms with Crippen LogP contribution in [-0.2, 0) is 6.54 Å². The fraction of sp³-hybridized carbons (Fsp3) is 0.643. The normalized spacial score (nSPS) is 20.4. The summed E-state index contributed by atoms with van der Waals surface area (Å²) in [6.45, 7) is 8.13. The van der Waals surface area contributed by atoms with Crippen LogP contribution in [0.2, 0.25) is 0 Å². The van der Waals surface area contributed by atoms with E-state index in [0.29, 0.717) is 11.2 Å². The van der Waals surface area contributed by atoms with E-state index in [1.165, 1.54) is 37.9 Å². The van der Waals surface area contributed by atoms with Gasteiger partial charge in [-0.05, 0) is 43.0 Å². The standard InChI is InChI=1S/C14H23N3/c1-3-14(2)6-8-17(9-7-14)11-12-4-5-13(15)16-10-12/h4-5,10H,3,6-9,11H2,1-2H3,(H2,15,16). The lowest BCUT2D eigenvalue weighted by Crippen LogP contribution is -2.37. The van der Waals surface area contributed by atoms with Crippen molar-refractivity contribution in [1.82, 2.24) is 9.88 Å². The van der Waals surface area contributed by atoms with E-state index >= 15 is 0 Å². The van der Waals surface area contributed by atoms with E-state index in [-0.39, 0.29) is 0 Å². The quantitative estimate of drug-likeness (QED) is 0.872. The Morgan fingerprint density at radius 1 is 1.35 bits per heavy atom. The zero-order valence-electron chi connectivity index (χ0n) is 10.9. The average Bonchev–Trinajstić information content (AvgIpc) is 2.35. The summed E-state index contributed by atoms with van der Waals surface area (Å²) < 4.78 is 0. The summed E-state index contributed by atoms with van der Waals surface area (Å²) in [6.07, 6.45) is 5.81. The van der Waals surface area contributed by atoms with Gasteiger partial charge in [0.15, 0.2) is 0 Å². The van der Waals surface area contributed by atoms with Crippen LogP contribution in [0.25, 0.3) is 0 Å². The fourth-order valence-electron chi connectivity index (χ4n) is 2.39. The maximum Gasteiger partial charge on any atom is 0.123 e. The molecule has 0 aliphatic carbocycles. The van der Waals surface area contributed by atoms with E-state index in [2.05, 4.69) is 29.8 Å². The SMILES string of the molecule is CCC1(C)CCN(Cc2ccc(N)nc2)CC1. The molecule has 3 heteroatoms. The Kier molecular flexibility index (Phi) is 3.67. The number of rotatable bonds is 3. The molecule has 1 aromatic heterocycles. The predicted octanol–water partition coefficient (Wildman–Crippen LogP) is 2.68. The van der Waals surface area contributed by atoms with Gasteiger partial charge in [-0.3, -0.25) is 4.90 Å². The molecule has 1 saturated heterocycles. The molecule has 0 radical (unpaired) electrons. The van der Waals surface area contributed by atoms with Crippen LogP contribution >= 0.6 is 0 Å². The van der Waals surface area contributed by atoms with E-state index in [4.69, 9.17) is 5.73 Å². The van der Waals surface area contributed by atoms with Gasteiger partial charge in [0.05, 0.1) is 0 Å². The number of nitrogens with zero attached hydrogens (tertiary/aromatic N) is 2. The molecule has 0 unspecified atom stereocenters. The monoisotopic (exact) mass is 233 g/mol. The molecule has 2 heterocycles.